The number of hydrogen-bond acceptors (Lipinski definition) is 6. The summed E-state index contributed by atoms with van der Waals surface area (Å²) in [6.07, 6.45) is -5.64. The molecule has 0 bridgehead atoms. The highest BCUT2D eigenvalue weighted by molar-refractivity contribution is 6.38. The number of amides is 3. The van der Waals surface area contributed by atoms with Crippen LogP contribution < -0.4 is 21.3 Å². The fourth-order valence-corrected chi connectivity index (χ4v) is 4.01. The third kappa shape index (κ3) is 9.95. The van der Waals surface area contributed by atoms with Gasteiger partial charge in [0.15, 0.2) is 0 Å². The Balaban J connectivity index is 2.01. The van der Waals surface area contributed by atoms with Gasteiger partial charge in [0.05, 0.1) is 17.6 Å². The van der Waals surface area contributed by atoms with Crippen LogP contribution in [-0.2, 0) is 31.9 Å². The molecular formula is C30H39F3N4O5. The third-order valence-corrected chi connectivity index (χ3v) is 6.53. The summed E-state index contributed by atoms with van der Waals surface area (Å²) in [4.78, 5) is 51.5. The van der Waals surface area contributed by atoms with E-state index >= 15 is 0 Å². The standard InChI is InChI=1S/C30H39F3N4O5/c1-17(2)22(23(38)27(41)34-16-19-12-14-21(15-13-19)30(31,32)33)36-25(39)18(3)35-28(42)24(29(4,5)6)37-26(40)20-10-8-7-9-11-20/h7-15,17-18,22,24,26,37,40H,16H2,1-6H3,(H,34,41)(H,35,42)(H,36,39)/t18-,22-,24+,26?/m0/s1. The Morgan fingerprint density at radius 2 is 1.40 bits per heavy atom. The normalized spacial score (nSPS) is 14.8. The highest BCUT2D eigenvalue weighted by Crippen LogP contribution is 2.29. The SMILES string of the molecule is CC(C)[C@H](NC(=O)[C@H](C)NC(=O)[C@@H](NC(O)c1ccccc1)C(C)(C)C)C(=O)C(=O)NCc1ccc(C(F)(F)F)cc1. The van der Waals surface area contributed by atoms with Gasteiger partial charge < -0.3 is 21.1 Å². The van der Waals surface area contributed by atoms with E-state index in [1.165, 1.54) is 19.1 Å². The second-order valence-electron chi connectivity index (χ2n) is 11.5. The number of carbonyl (C=O) groups is 4. The number of aliphatic hydroxyl groups excluding tert-OH is 1. The van der Waals surface area contributed by atoms with Gasteiger partial charge in [-0.25, -0.2) is 0 Å². The lowest BCUT2D eigenvalue weighted by atomic mass is 9.85. The van der Waals surface area contributed by atoms with Crippen LogP contribution in [0.4, 0.5) is 13.2 Å². The maximum atomic E-state index is 13.2. The zero-order chi connectivity index (χ0) is 31.8. The van der Waals surface area contributed by atoms with Gasteiger partial charge in [0.25, 0.3) is 5.91 Å². The molecule has 0 aliphatic carbocycles. The number of Topliss-reactive ketones (excluding diaryl/α,β-unsaturated/α-hetero) is 1. The van der Waals surface area contributed by atoms with E-state index in [4.69, 9.17) is 0 Å². The Morgan fingerprint density at radius 1 is 0.833 bits per heavy atom. The summed E-state index contributed by atoms with van der Waals surface area (Å²) in [7, 11) is 0. The van der Waals surface area contributed by atoms with Gasteiger partial charge in [0.1, 0.15) is 12.3 Å². The van der Waals surface area contributed by atoms with Crippen molar-refractivity contribution < 1.29 is 37.5 Å². The monoisotopic (exact) mass is 592 g/mol. The summed E-state index contributed by atoms with van der Waals surface area (Å²) in [5.74, 6) is -3.71. The van der Waals surface area contributed by atoms with Crippen molar-refractivity contribution in [1.82, 2.24) is 21.3 Å². The molecule has 2 rings (SSSR count). The van der Waals surface area contributed by atoms with Crippen LogP contribution in [0, 0.1) is 11.3 Å². The lowest BCUT2D eigenvalue weighted by Gasteiger charge is -2.33. The van der Waals surface area contributed by atoms with Gasteiger partial charge in [-0.15, -0.1) is 0 Å². The minimum Gasteiger partial charge on any atom is -0.374 e. The number of nitrogens with one attached hydrogen (secondary N) is 4. The molecule has 230 valence electrons. The Bertz CT molecular complexity index is 1230. The molecule has 0 aliphatic heterocycles. The molecule has 2 aromatic carbocycles. The molecule has 9 nitrogen and oxygen atoms in total. The number of aliphatic hydroxyl groups is 1. The molecule has 0 aromatic heterocycles. The maximum absolute atomic E-state index is 13.2. The molecule has 4 atom stereocenters. The summed E-state index contributed by atoms with van der Waals surface area (Å²) < 4.78 is 38.3. The number of alkyl halides is 3. The van der Waals surface area contributed by atoms with Gasteiger partial charge in [-0.1, -0.05) is 77.1 Å². The minimum absolute atomic E-state index is 0.191. The number of carbonyl (C=O) groups excluding carboxylic acids is 4. The fraction of sp³-hybridized carbons (Fsp3) is 0.467. The van der Waals surface area contributed by atoms with Crippen molar-refractivity contribution in [1.29, 1.82) is 0 Å². The zero-order valence-electron chi connectivity index (χ0n) is 24.5. The number of rotatable bonds is 12. The molecule has 2 aromatic rings. The van der Waals surface area contributed by atoms with Crippen molar-refractivity contribution in [3.63, 3.8) is 0 Å². The zero-order valence-corrected chi connectivity index (χ0v) is 24.5. The largest absolute Gasteiger partial charge is 0.416 e. The third-order valence-electron chi connectivity index (χ3n) is 6.53. The molecule has 0 fully saturated rings. The first-order valence-electron chi connectivity index (χ1n) is 13.5. The van der Waals surface area contributed by atoms with E-state index in [1.54, 1.807) is 65.0 Å². The predicted octanol–water partition coefficient (Wildman–Crippen LogP) is 3.23. The molecule has 0 spiro atoms. The second kappa shape index (κ2) is 14.4. The van der Waals surface area contributed by atoms with Crippen molar-refractivity contribution in [3.8, 4) is 0 Å². The van der Waals surface area contributed by atoms with Crippen LogP contribution in [0.25, 0.3) is 0 Å². The first-order chi connectivity index (χ1) is 19.4. The highest BCUT2D eigenvalue weighted by atomic mass is 19.4. The van der Waals surface area contributed by atoms with E-state index < -0.39 is 70.9 Å². The fourth-order valence-electron chi connectivity index (χ4n) is 4.01. The van der Waals surface area contributed by atoms with Gasteiger partial charge >= 0.3 is 6.18 Å². The second-order valence-corrected chi connectivity index (χ2v) is 11.5. The van der Waals surface area contributed by atoms with Crippen LogP contribution in [-0.4, -0.2) is 46.7 Å². The van der Waals surface area contributed by atoms with Crippen molar-refractivity contribution in [3.05, 3.63) is 71.3 Å². The van der Waals surface area contributed by atoms with E-state index in [-0.39, 0.29) is 6.54 Å². The highest BCUT2D eigenvalue weighted by Gasteiger charge is 2.36. The average molecular weight is 593 g/mol. The maximum Gasteiger partial charge on any atom is 0.416 e. The van der Waals surface area contributed by atoms with Crippen LogP contribution in [0.5, 0.6) is 0 Å². The summed E-state index contributed by atoms with van der Waals surface area (Å²) in [6.45, 7) is 9.87. The number of halogens is 3. The molecule has 0 saturated carbocycles. The molecule has 42 heavy (non-hydrogen) atoms. The lowest BCUT2D eigenvalue weighted by molar-refractivity contribution is -0.141. The molecule has 0 heterocycles. The number of ketones is 1. The summed E-state index contributed by atoms with van der Waals surface area (Å²) in [5.41, 5.74) is -0.586. The van der Waals surface area contributed by atoms with Crippen LogP contribution in [0.1, 0.15) is 64.5 Å². The van der Waals surface area contributed by atoms with E-state index in [0.717, 1.165) is 12.1 Å². The first-order valence-corrected chi connectivity index (χ1v) is 13.5. The average Bonchev–Trinajstić information content (AvgIpc) is 2.91. The number of benzene rings is 2. The summed E-state index contributed by atoms with van der Waals surface area (Å²) >= 11 is 0. The van der Waals surface area contributed by atoms with Gasteiger partial charge in [0.2, 0.25) is 17.6 Å². The van der Waals surface area contributed by atoms with Crippen molar-refractivity contribution >= 4 is 23.5 Å². The number of hydrogen-bond donors (Lipinski definition) is 5. The molecule has 0 radical (unpaired) electrons. The molecule has 5 N–H and O–H groups in total. The van der Waals surface area contributed by atoms with E-state index in [0.29, 0.717) is 11.1 Å². The van der Waals surface area contributed by atoms with Crippen LogP contribution in [0.2, 0.25) is 0 Å². The predicted molar refractivity (Wildman–Crippen MR) is 150 cm³/mol. The molecule has 1 unspecified atom stereocenters. The smallest absolute Gasteiger partial charge is 0.374 e. The molecule has 0 saturated heterocycles. The first kappa shape index (κ1) is 34.4. The van der Waals surface area contributed by atoms with E-state index in [2.05, 4.69) is 21.3 Å². The van der Waals surface area contributed by atoms with Crippen LogP contribution >= 0.6 is 0 Å². The molecule has 12 heteroatoms. The van der Waals surface area contributed by atoms with E-state index in [1.807, 2.05) is 0 Å². The Morgan fingerprint density at radius 3 is 1.90 bits per heavy atom. The van der Waals surface area contributed by atoms with Crippen molar-refractivity contribution in [2.24, 2.45) is 11.3 Å². The minimum atomic E-state index is -4.50. The Kier molecular flexibility index (Phi) is 11.8. The van der Waals surface area contributed by atoms with Crippen molar-refractivity contribution in [2.75, 3.05) is 0 Å². The lowest BCUT2D eigenvalue weighted by Crippen LogP contribution is -2.58. The van der Waals surface area contributed by atoms with Gasteiger partial charge in [0, 0.05) is 6.54 Å². The topological polar surface area (TPSA) is 137 Å². The molecular weight excluding hydrogens is 553 g/mol. The Hall–Kier alpha value is -3.77. The quantitative estimate of drug-likeness (QED) is 0.190. The van der Waals surface area contributed by atoms with Crippen LogP contribution in [0.3, 0.4) is 0 Å². The van der Waals surface area contributed by atoms with Gasteiger partial charge in [-0.3, -0.25) is 24.5 Å². The van der Waals surface area contributed by atoms with Gasteiger partial charge in [-0.2, -0.15) is 13.2 Å². The van der Waals surface area contributed by atoms with Gasteiger partial charge in [-0.05, 0) is 41.5 Å². The van der Waals surface area contributed by atoms with E-state index in [9.17, 15) is 37.5 Å². The molecule has 0 aliphatic rings. The summed E-state index contributed by atoms with van der Waals surface area (Å²) in [6, 6.07) is 9.61. The van der Waals surface area contributed by atoms with Crippen molar-refractivity contribution in [2.45, 2.75) is 78.6 Å². The molecule has 3 amide bonds. The van der Waals surface area contributed by atoms with Crippen LogP contribution in [0.15, 0.2) is 54.6 Å². The Labute approximate surface area is 243 Å². The summed E-state index contributed by atoms with van der Waals surface area (Å²) in [5, 5.41) is 21.0.